The van der Waals surface area contributed by atoms with Gasteiger partial charge in [-0.3, -0.25) is 5.43 Å². The van der Waals surface area contributed by atoms with Gasteiger partial charge in [0.05, 0.1) is 18.2 Å². The topological polar surface area (TPSA) is 98.8 Å². The van der Waals surface area contributed by atoms with Crippen molar-refractivity contribution in [3.05, 3.63) is 54.2 Å². The summed E-state index contributed by atoms with van der Waals surface area (Å²) in [7, 11) is -1.96. The van der Waals surface area contributed by atoms with Gasteiger partial charge in [-0.1, -0.05) is 13.8 Å². The number of aromatic amines is 1. The number of hydrogen-bond donors (Lipinski definition) is 3. The zero-order chi connectivity index (χ0) is 23.8. The van der Waals surface area contributed by atoms with Gasteiger partial charge in [0.25, 0.3) is 0 Å². The van der Waals surface area contributed by atoms with E-state index in [9.17, 15) is 8.42 Å². The number of anilines is 1. The van der Waals surface area contributed by atoms with Crippen molar-refractivity contribution in [1.82, 2.24) is 14.7 Å². The zero-order valence-corrected chi connectivity index (χ0v) is 20.6. The Labute approximate surface area is 200 Å². The number of sulfonamides is 1. The molecule has 1 heterocycles. The third-order valence-corrected chi connectivity index (χ3v) is 7.07. The van der Waals surface area contributed by atoms with Gasteiger partial charge in [-0.15, -0.1) is 0 Å². The summed E-state index contributed by atoms with van der Waals surface area (Å²) < 4.78 is 33.0. The first-order valence-electron chi connectivity index (χ1n) is 10.7. The van der Waals surface area contributed by atoms with Crippen molar-refractivity contribution in [1.29, 1.82) is 0 Å². The maximum absolute atomic E-state index is 13.1. The molecule has 0 fully saturated rings. The summed E-state index contributed by atoms with van der Waals surface area (Å²) in [6.07, 6.45) is 4.91. The number of thiocarbonyl (C=S) groups is 1. The molecule has 0 amide bonds. The van der Waals surface area contributed by atoms with Crippen LogP contribution < -0.4 is 15.5 Å². The van der Waals surface area contributed by atoms with Crippen LogP contribution in [0.3, 0.4) is 0 Å². The average Bonchev–Trinajstić information content (AvgIpc) is 3.21. The van der Waals surface area contributed by atoms with E-state index in [1.54, 1.807) is 42.0 Å². The summed E-state index contributed by atoms with van der Waals surface area (Å²) in [5.74, 6) is 0.755. The molecule has 1 aromatic heterocycles. The third kappa shape index (κ3) is 6.10. The Kier molecular flexibility index (Phi) is 8.43. The van der Waals surface area contributed by atoms with Gasteiger partial charge >= 0.3 is 0 Å². The summed E-state index contributed by atoms with van der Waals surface area (Å²) in [5.41, 5.74) is 5.15. The van der Waals surface area contributed by atoms with Gasteiger partial charge in [0.2, 0.25) is 10.0 Å². The van der Waals surface area contributed by atoms with Crippen molar-refractivity contribution < 1.29 is 13.2 Å². The monoisotopic (exact) mass is 487 g/mol. The molecule has 33 heavy (non-hydrogen) atoms. The van der Waals surface area contributed by atoms with E-state index >= 15 is 0 Å². The highest BCUT2D eigenvalue weighted by molar-refractivity contribution is 7.89. The van der Waals surface area contributed by atoms with Crippen molar-refractivity contribution in [2.24, 2.45) is 5.10 Å². The number of hydrogen-bond acceptors (Lipinski definition) is 5. The minimum atomic E-state index is -3.57. The average molecular weight is 488 g/mol. The Balaban J connectivity index is 1.74. The number of hydrazone groups is 1. The number of fused-ring (bicyclic) bond motifs is 1. The Hall–Kier alpha value is -2.95. The van der Waals surface area contributed by atoms with E-state index in [0.29, 0.717) is 18.2 Å². The predicted octanol–water partition coefficient (Wildman–Crippen LogP) is 4.31. The third-order valence-electron chi connectivity index (χ3n) is 4.99. The number of nitrogens with zero attached hydrogens (tertiary/aromatic N) is 2. The second-order valence-electron chi connectivity index (χ2n) is 7.41. The van der Waals surface area contributed by atoms with Gasteiger partial charge in [-0.2, -0.15) is 9.41 Å². The first-order chi connectivity index (χ1) is 15.9. The van der Waals surface area contributed by atoms with Crippen molar-refractivity contribution in [2.75, 3.05) is 25.5 Å². The van der Waals surface area contributed by atoms with Gasteiger partial charge < -0.3 is 15.0 Å². The van der Waals surface area contributed by atoms with Gasteiger partial charge in [0, 0.05) is 41.4 Å². The minimum Gasteiger partial charge on any atom is -0.497 e. The van der Waals surface area contributed by atoms with E-state index in [0.717, 1.165) is 40.7 Å². The van der Waals surface area contributed by atoms with E-state index < -0.39 is 10.0 Å². The first-order valence-corrected chi connectivity index (χ1v) is 12.6. The van der Waals surface area contributed by atoms with Crippen LogP contribution in [0.1, 0.15) is 32.3 Å². The summed E-state index contributed by atoms with van der Waals surface area (Å²) >= 11 is 5.28. The summed E-state index contributed by atoms with van der Waals surface area (Å²) in [5, 5.41) is 8.33. The highest BCUT2D eigenvalue weighted by Gasteiger charge is 2.23. The minimum absolute atomic E-state index is 0.274. The lowest BCUT2D eigenvalue weighted by atomic mass is 10.2. The molecule has 2 aromatic carbocycles. The van der Waals surface area contributed by atoms with E-state index in [-0.39, 0.29) is 4.90 Å². The highest BCUT2D eigenvalue weighted by atomic mass is 32.2. The molecule has 0 bridgehead atoms. The number of rotatable bonds is 10. The van der Waals surface area contributed by atoms with Gasteiger partial charge in [-0.05, 0) is 67.5 Å². The SMILES string of the molecule is CCCN(CCC)S(=O)(=O)c1ccc2[nH]cc(/C=N\NC(=S)Nc3ccc(OC)cc3)c2c1. The largest absolute Gasteiger partial charge is 0.497 e. The molecule has 176 valence electrons. The Morgan fingerprint density at radius 1 is 1.15 bits per heavy atom. The summed E-state index contributed by atoms with van der Waals surface area (Å²) in [6.45, 7) is 4.95. The molecule has 0 aliphatic carbocycles. The molecule has 0 aliphatic heterocycles. The van der Waals surface area contributed by atoms with Crippen molar-refractivity contribution in [3.8, 4) is 5.75 Å². The smallest absolute Gasteiger partial charge is 0.243 e. The lowest BCUT2D eigenvalue weighted by Crippen LogP contribution is -2.32. The van der Waals surface area contributed by atoms with Crippen LogP contribution in [0, 0.1) is 0 Å². The fourth-order valence-corrected chi connectivity index (χ4v) is 5.20. The molecule has 0 aliphatic rings. The molecule has 3 N–H and O–H groups in total. The molecule has 10 heteroatoms. The number of ether oxygens (including phenoxy) is 1. The van der Waals surface area contributed by atoms with Crippen LogP contribution in [0.2, 0.25) is 0 Å². The van der Waals surface area contributed by atoms with Crippen molar-refractivity contribution >= 4 is 50.2 Å². The highest BCUT2D eigenvalue weighted by Crippen LogP contribution is 2.24. The fraction of sp³-hybridized carbons (Fsp3) is 0.304. The molecule has 0 radical (unpaired) electrons. The molecular formula is C23H29N5O3S2. The molecular weight excluding hydrogens is 458 g/mol. The van der Waals surface area contributed by atoms with Crippen molar-refractivity contribution in [3.63, 3.8) is 0 Å². The molecule has 0 atom stereocenters. The van der Waals surface area contributed by atoms with Gasteiger partial charge in [0.1, 0.15) is 5.75 Å². The molecule has 0 saturated carbocycles. The normalized spacial score (nSPS) is 11.9. The number of methoxy groups -OCH3 is 1. The Morgan fingerprint density at radius 3 is 2.48 bits per heavy atom. The van der Waals surface area contributed by atoms with Crippen LogP contribution in [0.25, 0.3) is 10.9 Å². The van der Waals surface area contributed by atoms with Crippen LogP contribution >= 0.6 is 12.2 Å². The van der Waals surface area contributed by atoms with E-state index in [2.05, 4.69) is 20.8 Å². The molecule has 3 rings (SSSR count). The number of benzene rings is 2. The van der Waals surface area contributed by atoms with Crippen LogP contribution in [0.4, 0.5) is 5.69 Å². The summed E-state index contributed by atoms with van der Waals surface area (Å²) in [4.78, 5) is 3.42. The lowest BCUT2D eigenvalue weighted by molar-refractivity contribution is 0.410. The van der Waals surface area contributed by atoms with Crippen LogP contribution in [-0.2, 0) is 10.0 Å². The lowest BCUT2D eigenvalue weighted by Gasteiger charge is -2.21. The first kappa shape index (κ1) is 24.7. The van der Waals surface area contributed by atoms with E-state index in [4.69, 9.17) is 17.0 Å². The number of aromatic nitrogens is 1. The number of nitrogens with one attached hydrogen (secondary N) is 3. The van der Waals surface area contributed by atoms with Crippen LogP contribution in [0.15, 0.2) is 58.7 Å². The van der Waals surface area contributed by atoms with Gasteiger partial charge in [0.15, 0.2) is 5.11 Å². The maximum Gasteiger partial charge on any atom is 0.243 e. The summed E-state index contributed by atoms with van der Waals surface area (Å²) in [6, 6.07) is 12.5. The molecule has 0 saturated heterocycles. The molecule has 3 aromatic rings. The predicted molar refractivity (Wildman–Crippen MR) is 138 cm³/mol. The molecule has 0 spiro atoms. The zero-order valence-electron chi connectivity index (χ0n) is 19.0. The molecule has 0 unspecified atom stereocenters. The molecule has 8 nitrogen and oxygen atoms in total. The number of H-pyrrole nitrogens is 1. The fourth-order valence-electron chi connectivity index (χ4n) is 3.38. The Morgan fingerprint density at radius 2 is 1.85 bits per heavy atom. The quantitative estimate of drug-likeness (QED) is 0.224. The van der Waals surface area contributed by atoms with Crippen molar-refractivity contribution in [2.45, 2.75) is 31.6 Å². The van der Waals surface area contributed by atoms with E-state index in [1.165, 1.54) is 0 Å². The standard InChI is InChI=1S/C23H29N5O3S2/c1-4-12-28(13-5-2)33(29,30)20-10-11-22-21(14-20)17(15-24-22)16-25-27-23(32)26-18-6-8-19(31-3)9-7-18/h6-11,14-16,24H,4-5,12-13H2,1-3H3,(H2,26,27,32)/b25-16-. The Bertz CT molecular complexity index is 1210. The van der Waals surface area contributed by atoms with Gasteiger partial charge in [-0.25, -0.2) is 8.42 Å². The van der Waals surface area contributed by atoms with Crippen LogP contribution in [0.5, 0.6) is 5.75 Å². The second-order valence-corrected chi connectivity index (χ2v) is 9.75. The van der Waals surface area contributed by atoms with E-state index in [1.807, 2.05) is 38.1 Å². The second kappa shape index (κ2) is 11.3. The van der Waals surface area contributed by atoms with Crippen LogP contribution in [-0.4, -0.2) is 49.2 Å². The maximum atomic E-state index is 13.1.